The van der Waals surface area contributed by atoms with Crippen molar-refractivity contribution in [2.45, 2.75) is 51.9 Å². The Morgan fingerprint density at radius 2 is 2.00 bits per heavy atom. The normalized spacial score (nSPS) is 26.6. The van der Waals surface area contributed by atoms with Crippen molar-refractivity contribution < 1.29 is 28.0 Å². The molecule has 2 saturated heterocycles. The molecule has 2 fully saturated rings. The average molecular weight is 445 g/mol. The summed E-state index contributed by atoms with van der Waals surface area (Å²) in [5.74, 6) is -1.63. The van der Waals surface area contributed by atoms with Crippen LogP contribution in [0.4, 0.5) is 20.7 Å². The lowest BCUT2D eigenvalue weighted by atomic mass is 9.66. The molecule has 5 rings (SSSR count). The molecule has 2 aromatic rings. The number of rotatable bonds is 3. The fourth-order valence-corrected chi connectivity index (χ4v) is 5.32. The molecule has 10 nitrogen and oxygen atoms in total. The first-order chi connectivity index (χ1) is 15.3. The predicted octanol–water partition coefficient (Wildman–Crippen LogP) is 1.68. The molecule has 32 heavy (non-hydrogen) atoms. The second kappa shape index (κ2) is 7.16. The van der Waals surface area contributed by atoms with Crippen LogP contribution >= 0.6 is 0 Å². The van der Waals surface area contributed by atoms with E-state index in [0.717, 1.165) is 6.42 Å². The van der Waals surface area contributed by atoms with E-state index in [9.17, 15) is 14.4 Å². The van der Waals surface area contributed by atoms with Gasteiger partial charge in [0.25, 0.3) is 0 Å². The summed E-state index contributed by atoms with van der Waals surface area (Å²) in [6.07, 6.45) is -0.109. The number of carbonyl (C=O) groups is 3. The fraction of sp³-hybridized carbons (Fsp3) is 0.524. The molecule has 1 aromatic carbocycles. The number of benzene rings is 1. The topological polar surface area (TPSA) is 126 Å². The highest BCUT2D eigenvalue weighted by atomic mass is 19.1. The summed E-state index contributed by atoms with van der Waals surface area (Å²) in [6, 6.07) is 0.0291. The van der Waals surface area contributed by atoms with Crippen LogP contribution in [-0.4, -0.2) is 54.3 Å². The average Bonchev–Trinajstić information content (AvgIpc) is 3.12. The maximum absolute atomic E-state index is 15.8. The zero-order chi connectivity index (χ0) is 22.8. The van der Waals surface area contributed by atoms with Gasteiger partial charge in [0.15, 0.2) is 17.1 Å². The lowest BCUT2D eigenvalue weighted by Crippen LogP contribution is -2.75. The van der Waals surface area contributed by atoms with Crippen molar-refractivity contribution in [2.75, 3.05) is 23.3 Å². The predicted molar refractivity (Wildman–Crippen MR) is 112 cm³/mol. The van der Waals surface area contributed by atoms with Gasteiger partial charge in [-0.05, 0) is 31.9 Å². The molecule has 0 unspecified atom stereocenters. The second-order valence-electron chi connectivity index (χ2n) is 8.67. The van der Waals surface area contributed by atoms with Gasteiger partial charge in [-0.25, -0.2) is 9.18 Å². The summed E-state index contributed by atoms with van der Waals surface area (Å²) < 4.78 is 27.1. The molecule has 0 radical (unpaired) electrons. The molecular weight excluding hydrogens is 421 g/mol. The Morgan fingerprint density at radius 1 is 1.28 bits per heavy atom. The number of barbiturate groups is 1. The lowest BCUT2D eigenvalue weighted by Gasteiger charge is -2.55. The molecule has 3 aliphatic rings. The first-order valence-electron chi connectivity index (χ1n) is 10.7. The summed E-state index contributed by atoms with van der Waals surface area (Å²) in [5, 5.41) is 12.0. The van der Waals surface area contributed by atoms with E-state index in [-0.39, 0.29) is 30.3 Å². The summed E-state index contributed by atoms with van der Waals surface area (Å²) in [4.78, 5) is 39.9. The second-order valence-corrected chi connectivity index (χ2v) is 8.67. The van der Waals surface area contributed by atoms with Gasteiger partial charge in [-0.1, -0.05) is 12.1 Å². The van der Waals surface area contributed by atoms with Crippen molar-refractivity contribution in [3.8, 4) is 0 Å². The first-order valence-corrected chi connectivity index (χ1v) is 10.7. The van der Waals surface area contributed by atoms with E-state index in [4.69, 9.17) is 9.26 Å². The molecular formula is C21H24FN5O5. The molecule has 1 spiro atoms. The fourth-order valence-electron chi connectivity index (χ4n) is 5.32. The van der Waals surface area contributed by atoms with Crippen LogP contribution in [0.3, 0.4) is 0 Å². The van der Waals surface area contributed by atoms with E-state index in [1.165, 1.54) is 0 Å². The number of nitrogens with one attached hydrogen (secondary N) is 3. The van der Waals surface area contributed by atoms with Crippen LogP contribution in [-0.2, 0) is 20.7 Å². The number of amides is 4. The van der Waals surface area contributed by atoms with Gasteiger partial charge in [-0.3, -0.25) is 20.2 Å². The van der Waals surface area contributed by atoms with Crippen LogP contribution in [0.15, 0.2) is 10.6 Å². The Balaban J connectivity index is 1.73. The third-order valence-electron chi connectivity index (χ3n) is 6.51. The van der Waals surface area contributed by atoms with E-state index < -0.39 is 41.2 Å². The van der Waals surface area contributed by atoms with Crippen molar-refractivity contribution in [1.29, 1.82) is 0 Å². The Labute approximate surface area is 182 Å². The summed E-state index contributed by atoms with van der Waals surface area (Å²) in [5.41, 5.74) is -0.910. The molecule has 0 aliphatic carbocycles. The summed E-state index contributed by atoms with van der Waals surface area (Å²) in [7, 11) is 0. The highest BCUT2D eigenvalue weighted by molar-refractivity contribution is 6.20. The molecule has 1 aromatic heterocycles. The van der Waals surface area contributed by atoms with Crippen molar-refractivity contribution in [2.24, 2.45) is 5.41 Å². The van der Waals surface area contributed by atoms with Crippen molar-refractivity contribution in [3.63, 3.8) is 0 Å². The lowest BCUT2D eigenvalue weighted by molar-refractivity contribution is -0.153. The zero-order valence-electron chi connectivity index (χ0n) is 18.0. The van der Waals surface area contributed by atoms with Crippen LogP contribution in [0.1, 0.15) is 32.8 Å². The Hall–Kier alpha value is -3.21. The molecule has 3 atom stereocenters. The standard InChI is InChI=1S/C21H24FN5O5/c1-4-5-23-17-12-6-11-7-21(18(28)24-20(30)25-19(21)29)16-10(3)31-9(2)8-27(16)14(11)13(22)15(12)32-26-17/h6,9-10,16H,4-5,7-8H2,1-3H3,(H,23,26)(H2,24,25,28,29,30)/t9-,10+,16-/m1/s1. The minimum atomic E-state index is -1.66. The summed E-state index contributed by atoms with van der Waals surface area (Å²) in [6.45, 7) is 6.46. The van der Waals surface area contributed by atoms with Crippen LogP contribution in [0, 0.1) is 11.2 Å². The van der Waals surface area contributed by atoms with Crippen LogP contribution in [0.2, 0.25) is 0 Å². The number of nitrogens with zero attached hydrogens (tertiary/aromatic N) is 2. The number of halogens is 1. The van der Waals surface area contributed by atoms with E-state index in [0.29, 0.717) is 23.3 Å². The van der Waals surface area contributed by atoms with Crippen molar-refractivity contribution in [3.05, 3.63) is 17.4 Å². The van der Waals surface area contributed by atoms with E-state index in [1.54, 1.807) is 17.9 Å². The number of urea groups is 1. The molecule has 0 bridgehead atoms. The molecule has 4 amide bonds. The molecule has 170 valence electrons. The number of hydrogen-bond acceptors (Lipinski definition) is 8. The number of ether oxygens (including phenoxy) is 1. The summed E-state index contributed by atoms with van der Waals surface area (Å²) >= 11 is 0. The van der Waals surface area contributed by atoms with Gasteiger partial charge < -0.3 is 19.5 Å². The highest BCUT2D eigenvalue weighted by Gasteiger charge is 2.63. The molecule has 11 heteroatoms. The number of hydrogen-bond donors (Lipinski definition) is 3. The number of anilines is 2. The van der Waals surface area contributed by atoms with Gasteiger partial charge in [0.2, 0.25) is 17.4 Å². The van der Waals surface area contributed by atoms with Crippen LogP contribution in [0.5, 0.6) is 0 Å². The molecule has 3 aliphatic heterocycles. The third kappa shape index (κ3) is 2.73. The van der Waals surface area contributed by atoms with Gasteiger partial charge >= 0.3 is 6.03 Å². The van der Waals surface area contributed by atoms with Gasteiger partial charge in [0, 0.05) is 19.5 Å². The van der Waals surface area contributed by atoms with Gasteiger partial charge in [-0.15, -0.1) is 0 Å². The number of morpholine rings is 1. The van der Waals surface area contributed by atoms with Crippen LogP contribution < -0.4 is 20.9 Å². The highest BCUT2D eigenvalue weighted by Crippen LogP contribution is 2.49. The minimum absolute atomic E-state index is 0.0107. The number of fused-ring (bicyclic) bond motifs is 5. The zero-order valence-corrected chi connectivity index (χ0v) is 18.0. The van der Waals surface area contributed by atoms with Crippen molar-refractivity contribution >= 4 is 40.3 Å². The van der Waals surface area contributed by atoms with Gasteiger partial charge in [0.1, 0.15) is 0 Å². The SMILES string of the molecule is CCCNc1noc2c(F)c3c(cc12)CC1(C(=O)NC(=O)NC1=O)[C@H]1[C@H](C)O[C@H](C)CN31. The largest absolute Gasteiger partial charge is 0.372 e. The monoisotopic (exact) mass is 445 g/mol. The van der Waals surface area contributed by atoms with E-state index in [1.807, 2.05) is 13.8 Å². The Kier molecular flexibility index (Phi) is 4.63. The molecule has 4 heterocycles. The van der Waals surface area contributed by atoms with E-state index in [2.05, 4.69) is 21.1 Å². The first kappa shape index (κ1) is 20.7. The third-order valence-corrected chi connectivity index (χ3v) is 6.51. The number of aromatic nitrogens is 1. The van der Waals surface area contributed by atoms with E-state index >= 15 is 4.39 Å². The maximum atomic E-state index is 15.8. The Bertz CT molecular complexity index is 1130. The molecule has 0 saturated carbocycles. The van der Waals surface area contributed by atoms with Crippen LogP contribution in [0.25, 0.3) is 11.0 Å². The Morgan fingerprint density at radius 3 is 2.69 bits per heavy atom. The maximum Gasteiger partial charge on any atom is 0.328 e. The van der Waals surface area contributed by atoms with Crippen molar-refractivity contribution in [1.82, 2.24) is 15.8 Å². The number of imide groups is 2. The van der Waals surface area contributed by atoms with Gasteiger partial charge in [-0.2, -0.15) is 0 Å². The minimum Gasteiger partial charge on any atom is -0.372 e. The van der Waals surface area contributed by atoms with Gasteiger partial charge in [0.05, 0.1) is 29.3 Å². The number of carbonyl (C=O) groups excluding carboxylic acids is 3. The quantitative estimate of drug-likeness (QED) is 0.610. The molecule has 3 N–H and O–H groups in total. The smallest absolute Gasteiger partial charge is 0.328 e.